The summed E-state index contributed by atoms with van der Waals surface area (Å²) in [6.45, 7) is 12.7. The first-order valence-corrected chi connectivity index (χ1v) is 40.8. The SMILES string of the molecule is Cc1ccc(-c2cccc3c2oc2ccccc23)cc1.Cc1ccc(-c2cccc3oc4ccccc4c23)cc1.Cc1cccc(-c2cccc3c2oc2ccccc23)c1.Cc1cccc(-c2cccc3oc4ccccc4c23)c1.Cc1cccc2c1oc1c(-c3ccccc3)cccc12.Cc1ccccc1-c1cccc2c1oc1ccccc12. The van der Waals surface area contributed by atoms with E-state index in [1.165, 1.54) is 143 Å². The topological polar surface area (TPSA) is 78.8 Å². The summed E-state index contributed by atoms with van der Waals surface area (Å²) in [5.74, 6) is 0. The van der Waals surface area contributed by atoms with Crippen LogP contribution in [0.5, 0.6) is 0 Å². The molecule has 0 atom stereocenters. The molecule has 120 heavy (non-hydrogen) atoms. The van der Waals surface area contributed by atoms with Crippen LogP contribution in [0.2, 0.25) is 0 Å². The van der Waals surface area contributed by atoms with Gasteiger partial charge in [0.2, 0.25) is 0 Å². The van der Waals surface area contributed by atoms with Gasteiger partial charge in [-0.15, -0.1) is 0 Å². The van der Waals surface area contributed by atoms with Crippen molar-refractivity contribution in [1.82, 2.24) is 0 Å². The van der Waals surface area contributed by atoms with Crippen LogP contribution in [0.1, 0.15) is 33.4 Å². The molecule has 24 rings (SSSR count). The van der Waals surface area contributed by atoms with Crippen molar-refractivity contribution in [2.75, 3.05) is 0 Å². The van der Waals surface area contributed by atoms with Crippen LogP contribution < -0.4 is 0 Å². The third kappa shape index (κ3) is 14.7. The maximum atomic E-state index is 6.17. The van der Waals surface area contributed by atoms with Gasteiger partial charge in [-0.2, -0.15) is 0 Å². The van der Waals surface area contributed by atoms with Crippen molar-refractivity contribution in [3.63, 3.8) is 0 Å². The van der Waals surface area contributed by atoms with E-state index in [1.807, 2.05) is 78.9 Å². The van der Waals surface area contributed by atoms with Crippen molar-refractivity contribution in [1.29, 1.82) is 0 Å². The summed E-state index contributed by atoms with van der Waals surface area (Å²) in [7, 11) is 0. The highest BCUT2D eigenvalue weighted by Gasteiger charge is 2.19. The molecule has 0 N–H and O–H groups in total. The van der Waals surface area contributed by atoms with Gasteiger partial charge in [-0.25, -0.2) is 0 Å². The lowest BCUT2D eigenvalue weighted by Crippen LogP contribution is -1.82. The number of aryl methyl sites for hydroxylation is 6. The molecule has 576 valence electrons. The fourth-order valence-electron chi connectivity index (χ4n) is 16.7. The molecule has 6 heteroatoms. The molecule has 6 nitrogen and oxygen atoms in total. The Morgan fingerprint density at radius 3 is 0.883 bits per heavy atom. The minimum atomic E-state index is 0.946. The van der Waals surface area contributed by atoms with E-state index in [9.17, 15) is 0 Å². The molecule has 0 fully saturated rings. The normalized spacial score (nSPS) is 11.2. The zero-order valence-electron chi connectivity index (χ0n) is 67.6. The molecule has 24 aromatic rings. The Bertz CT molecular complexity index is 7840. The monoisotopic (exact) mass is 1550 g/mol. The van der Waals surface area contributed by atoms with Gasteiger partial charge >= 0.3 is 0 Å². The van der Waals surface area contributed by atoms with E-state index < -0.39 is 0 Å². The fourth-order valence-corrected chi connectivity index (χ4v) is 16.7. The Kier molecular flexibility index (Phi) is 20.5. The molecule has 0 bridgehead atoms. The van der Waals surface area contributed by atoms with Crippen molar-refractivity contribution in [2.45, 2.75) is 41.5 Å². The van der Waals surface area contributed by atoms with Gasteiger partial charge in [0.25, 0.3) is 0 Å². The standard InChI is InChI=1S/6C19H14O/c1-13-6-4-7-14(12-13)15-9-5-10-17-16-8-2-3-11-18(16)20-19(15)17;1-13-6-4-7-14(12-13)15-9-5-11-18-19(15)16-8-2-3-10-17(16)20-18;1-13-7-2-3-8-14(13)16-10-6-11-17-15-9-4-5-12-18(15)20-19(16)17;1-13-9-11-14(12-10-13)15-6-4-7-17-16-5-2-3-8-18(16)20-19(15)17;1-13-9-11-14(12-10-13)15-6-4-8-18-19(15)16-5-2-3-7-17(16)20-18;1-13-7-5-11-16-17-12-6-10-15(19(17)20-18(13)16)14-8-3-2-4-9-14/h6*2-12H,1H3. The van der Waals surface area contributed by atoms with E-state index in [4.69, 9.17) is 26.5 Å². The lowest BCUT2D eigenvalue weighted by molar-refractivity contribution is 0.666. The summed E-state index contributed by atoms with van der Waals surface area (Å²) in [6.07, 6.45) is 0. The highest BCUT2D eigenvalue weighted by molar-refractivity contribution is 6.16. The first-order valence-electron chi connectivity index (χ1n) is 40.8. The molecular formula is C114H84O6. The summed E-state index contributed by atoms with van der Waals surface area (Å²) in [4.78, 5) is 0. The summed E-state index contributed by atoms with van der Waals surface area (Å²) >= 11 is 0. The van der Waals surface area contributed by atoms with Gasteiger partial charge in [-0.1, -0.05) is 380 Å². The Morgan fingerprint density at radius 2 is 0.417 bits per heavy atom. The quantitative estimate of drug-likeness (QED) is 0.165. The van der Waals surface area contributed by atoms with Gasteiger partial charge in [-0.3, -0.25) is 0 Å². The zero-order chi connectivity index (χ0) is 81.2. The summed E-state index contributed by atoms with van der Waals surface area (Å²) < 4.78 is 36.3. The smallest absolute Gasteiger partial charge is 0.143 e. The summed E-state index contributed by atoms with van der Waals surface area (Å²) in [5, 5.41) is 14.2. The van der Waals surface area contributed by atoms with Gasteiger partial charge in [0.15, 0.2) is 0 Å². The Balaban J connectivity index is 0.0000000952. The second-order valence-electron chi connectivity index (χ2n) is 30.8. The molecule has 0 spiro atoms. The number of benzene rings is 18. The maximum Gasteiger partial charge on any atom is 0.143 e. The van der Waals surface area contributed by atoms with Crippen molar-refractivity contribution in [3.05, 3.63) is 434 Å². The molecule has 0 saturated carbocycles. The zero-order valence-corrected chi connectivity index (χ0v) is 67.6. The largest absolute Gasteiger partial charge is 0.456 e. The molecule has 18 aromatic carbocycles. The molecule has 0 radical (unpaired) electrons. The molecule has 0 unspecified atom stereocenters. The summed E-state index contributed by atoms with van der Waals surface area (Å²) in [5.41, 5.74) is 33.4. The fraction of sp³-hybridized carbons (Fsp3) is 0.0526. The molecule has 0 aliphatic heterocycles. The summed E-state index contributed by atoms with van der Waals surface area (Å²) in [6, 6.07) is 138. The molecule has 0 saturated heterocycles. The first kappa shape index (κ1) is 74.8. The Hall–Kier alpha value is -15.2. The van der Waals surface area contributed by atoms with Gasteiger partial charge in [0, 0.05) is 86.9 Å². The van der Waals surface area contributed by atoms with E-state index in [0.29, 0.717) is 0 Å². The van der Waals surface area contributed by atoms with E-state index in [1.54, 1.807) is 0 Å². The van der Waals surface area contributed by atoms with Gasteiger partial charge in [0.05, 0.1) is 0 Å². The Labute approximate surface area is 695 Å². The van der Waals surface area contributed by atoms with Crippen LogP contribution >= 0.6 is 0 Å². The van der Waals surface area contributed by atoms with Gasteiger partial charge in [0.1, 0.15) is 67.0 Å². The van der Waals surface area contributed by atoms with E-state index in [0.717, 1.165) is 89.3 Å². The van der Waals surface area contributed by atoms with E-state index in [-0.39, 0.29) is 0 Å². The van der Waals surface area contributed by atoms with Crippen LogP contribution in [0.25, 0.3) is 198 Å². The third-order valence-corrected chi connectivity index (χ3v) is 22.6. The van der Waals surface area contributed by atoms with Crippen molar-refractivity contribution in [3.8, 4) is 66.8 Å². The highest BCUT2D eigenvalue weighted by Crippen LogP contribution is 2.44. The lowest BCUT2D eigenvalue weighted by atomic mass is 9.98. The average molecular weight is 1550 g/mol. The van der Waals surface area contributed by atoms with Crippen LogP contribution in [0.15, 0.2) is 427 Å². The minimum absolute atomic E-state index is 0.946. The number of fused-ring (bicyclic) bond motifs is 18. The average Bonchev–Trinajstić information content (AvgIpc) is 1.63. The number of furan rings is 6. The van der Waals surface area contributed by atoms with Crippen LogP contribution in [0, 0.1) is 41.5 Å². The number of hydrogen-bond acceptors (Lipinski definition) is 6. The minimum Gasteiger partial charge on any atom is -0.456 e. The van der Waals surface area contributed by atoms with Crippen LogP contribution in [0.4, 0.5) is 0 Å². The number of para-hydroxylation sites is 10. The predicted molar refractivity (Wildman–Crippen MR) is 503 cm³/mol. The number of hydrogen-bond donors (Lipinski definition) is 0. The molecular weight excluding hydrogens is 1470 g/mol. The molecule has 6 heterocycles. The Morgan fingerprint density at radius 1 is 0.142 bits per heavy atom. The second kappa shape index (κ2) is 32.8. The van der Waals surface area contributed by atoms with Crippen molar-refractivity contribution >= 4 is 132 Å². The lowest BCUT2D eigenvalue weighted by Gasteiger charge is -2.06. The van der Waals surface area contributed by atoms with E-state index >= 15 is 0 Å². The third-order valence-electron chi connectivity index (χ3n) is 22.6. The molecule has 0 amide bonds. The number of rotatable bonds is 6. The van der Waals surface area contributed by atoms with Crippen LogP contribution in [-0.4, -0.2) is 0 Å². The molecule has 6 aromatic heterocycles. The second-order valence-corrected chi connectivity index (χ2v) is 30.8. The van der Waals surface area contributed by atoms with E-state index in [2.05, 4.69) is 363 Å². The maximum absolute atomic E-state index is 6.17. The van der Waals surface area contributed by atoms with Gasteiger partial charge < -0.3 is 26.5 Å². The molecule has 0 aliphatic rings. The molecule has 0 aliphatic carbocycles. The highest BCUT2D eigenvalue weighted by atomic mass is 16.3. The van der Waals surface area contributed by atoms with Crippen LogP contribution in [0.3, 0.4) is 0 Å². The van der Waals surface area contributed by atoms with Crippen molar-refractivity contribution in [2.24, 2.45) is 0 Å². The van der Waals surface area contributed by atoms with Crippen LogP contribution in [-0.2, 0) is 0 Å². The predicted octanol–water partition coefficient (Wildman–Crippen LogP) is 33.4. The van der Waals surface area contributed by atoms with Crippen molar-refractivity contribution < 1.29 is 26.5 Å². The van der Waals surface area contributed by atoms with Gasteiger partial charge in [-0.05, 0) is 140 Å². The first-order chi connectivity index (χ1) is 59.0.